The van der Waals surface area contributed by atoms with Crippen molar-refractivity contribution in [3.63, 3.8) is 0 Å². The van der Waals surface area contributed by atoms with Gasteiger partial charge in [-0.3, -0.25) is 0 Å². The number of aliphatic hydroxyl groups excluding tert-OH is 2. The summed E-state index contributed by atoms with van der Waals surface area (Å²) in [5, 5.41) is 31.7. The van der Waals surface area contributed by atoms with Crippen LogP contribution in [-0.2, 0) is 6.42 Å². The number of carboxylic acids is 1. The molecule has 0 aromatic heterocycles. The molecule has 206 valence electrons. The van der Waals surface area contributed by atoms with Gasteiger partial charge in [0.2, 0.25) is 0 Å². The standard InChI is InChI=1S/C33H50O4/c1-5-24-28-19-23(34)14-16-33(28,4)27-15-17-32(3)25(12-13-26(32)29(27)30(24)35)20(2)8-6-9-21-10-7-11-22(18-21)31(36)37/h7,10-11,18,20,23-30,34-35H,5-6,8-9,12-17,19H2,1-4H3,(H,36,37)/t20-,23-,24-,25-,26?,27?,28+,29?,30-,32-,33-/m1/s1. The Balaban J connectivity index is 1.29. The van der Waals surface area contributed by atoms with Crippen LogP contribution in [0.1, 0.15) is 108 Å². The van der Waals surface area contributed by atoms with E-state index < -0.39 is 5.97 Å². The molecule has 11 atom stereocenters. The number of benzene rings is 1. The highest BCUT2D eigenvalue weighted by atomic mass is 16.4. The van der Waals surface area contributed by atoms with Gasteiger partial charge in [0, 0.05) is 0 Å². The molecule has 0 radical (unpaired) electrons. The van der Waals surface area contributed by atoms with E-state index in [4.69, 9.17) is 0 Å². The zero-order valence-electron chi connectivity index (χ0n) is 23.5. The van der Waals surface area contributed by atoms with Gasteiger partial charge in [-0.1, -0.05) is 52.7 Å². The first-order valence-electron chi connectivity index (χ1n) is 15.3. The zero-order chi connectivity index (χ0) is 26.5. The van der Waals surface area contributed by atoms with E-state index in [-0.39, 0.29) is 17.6 Å². The topological polar surface area (TPSA) is 77.8 Å². The first kappa shape index (κ1) is 27.2. The van der Waals surface area contributed by atoms with E-state index in [0.717, 1.165) is 44.1 Å². The molecule has 37 heavy (non-hydrogen) atoms. The van der Waals surface area contributed by atoms with E-state index in [1.54, 1.807) is 6.07 Å². The fraction of sp³-hybridized carbons (Fsp3) is 0.788. The van der Waals surface area contributed by atoms with Gasteiger partial charge in [0.1, 0.15) is 0 Å². The quantitative estimate of drug-likeness (QED) is 0.370. The Labute approximate surface area is 224 Å². The minimum atomic E-state index is -0.851. The Morgan fingerprint density at radius 3 is 2.49 bits per heavy atom. The van der Waals surface area contributed by atoms with Crippen LogP contribution < -0.4 is 0 Å². The van der Waals surface area contributed by atoms with Crippen LogP contribution in [0.4, 0.5) is 0 Å². The summed E-state index contributed by atoms with van der Waals surface area (Å²) < 4.78 is 0. The number of aliphatic hydroxyl groups is 2. The molecule has 0 amide bonds. The van der Waals surface area contributed by atoms with E-state index in [9.17, 15) is 20.1 Å². The Bertz CT molecular complexity index is 975. The third-order valence-electron chi connectivity index (χ3n) is 12.4. The van der Waals surface area contributed by atoms with Gasteiger partial charge in [0.05, 0.1) is 17.8 Å². The van der Waals surface area contributed by atoms with Crippen LogP contribution in [0.3, 0.4) is 0 Å². The number of hydrogen-bond donors (Lipinski definition) is 3. The lowest BCUT2D eigenvalue weighted by Crippen LogP contribution is -2.62. The molecule has 4 saturated carbocycles. The largest absolute Gasteiger partial charge is 0.478 e. The van der Waals surface area contributed by atoms with Gasteiger partial charge in [-0.05, 0) is 128 Å². The van der Waals surface area contributed by atoms with Crippen molar-refractivity contribution in [2.45, 2.75) is 111 Å². The van der Waals surface area contributed by atoms with E-state index >= 15 is 0 Å². The van der Waals surface area contributed by atoms with Crippen molar-refractivity contribution in [2.75, 3.05) is 0 Å². The third kappa shape index (κ3) is 4.58. The smallest absolute Gasteiger partial charge is 0.335 e. The lowest BCUT2D eigenvalue weighted by Gasteiger charge is -2.64. The van der Waals surface area contributed by atoms with E-state index in [0.29, 0.717) is 52.4 Å². The number of aromatic carboxylic acids is 1. The van der Waals surface area contributed by atoms with Gasteiger partial charge in [0.15, 0.2) is 0 Å². The number of aryl methyl sites for hydroxylation is 1. The summed E-state index contributed by atoms with van der Waals surface area (Å²) in [6.07, 6.45) is 11.8. The Morgan fingerprint density at radius 2 is 1.76 bits per heavy atom. The van der Waals surface area contributed by atoms with Crippen molar-refractivity contribution in [2.24, 2.45) is 52.3 Å². The second-order valence-electron chi connectivity index (χ2n) is 14.0. The van der Waals surface area contributed by atoms with Crippen molar-refractivity contribution < 1.29 is 20.1 Å². The van der Waals surface area contributed by atoms with Crippen LogP contribution in [0, 0.1) is 52.3 Å². The van der Waals surface area contributed by atoms with Crippen LogP contribution in [0.5, 0.6) is 0 Å². The SMILES string of the molecule is CC[C@H]1[C@@H](O)C2C3CC[C@H]([C@H](C)CCCc4cccc(C(=O)O)c4)[C@@]3(C)CCC2[C@@]2(C)CC[C@@H](O)C[C@@H]12. The first-order chi connectivity index (χ1) is 17.6. The molecule has 0 bridgehead atoms. The van der Waals surface area contributed by atoms with Crippen molar-refractivity contribution in [1.29, 1.82) is 0 Å². The second-order valence-corrected chi connectivity index (χ2v) is 14.0. The first-order valence-corrected chi connectivity index (χ1v) is 15.3. The summed E-state index contributed by atoms with van der Waals surface area (Å²) in [5.74, 6) is 2.89. The molecule has 3 unspecified atom stereocenters. The Hall–Kier alpha value is -1.39. The predicted molar refractivity (Wildman–Crippen MR) is 147 cm³/mol. The normalized spacial score (nSPS) is 43.9. The highest BCUT2D eigenvalue weighted by molar-refractivity contribution is 5.87. The summed E-state index contributed by atoms with van der Waals surface area (Å²) in [6.45, 7) is 9.78. The number of hydrogen-bond acceptors (Lipinski definition) is 3. The molecule has 4 nitrogen and oxygen atoms in total. The number of carbonyl (C=O) groups is 1. The molecule has 4 heteroatoms. The van der Waals surface area contributed by atoms with Gasteiger partial charge < -0.3 is 15.3 Å². The highest BCUT2D eigenvalue weighted by Crippen LogP contribution is 2.69. The van der Waals surface area contributed by atoms with Gasteiger partial charge in [-0.15, -0.1) is 0 Å². The molecule has 4 aliphatic carbocycles. The van der Waals surface area contributed by atoms with Crippen molar-refractivity contribution >= 4 is 5.97 Å². The molecule has 0 saturated heterocycles. The van der Waals surface area contributed by atoms with Crippen molar-refractivity contribution in [3.05, 3.63) is 35.4 Å². The third-order valence-corrected chi connectivity index (χ3v) is 12.4. The lowest BCUT2D eigenvalue weighted by atomic mass is 9.41. The minimum Gasteiger partial charge on any atom is -0.478 e. The predicted octanol–water partition coefficient (Wildman–Crippen LogP) is 6.97. The molecule has 1 aromatic rings. The Morgan fingerprint density at radius 1 is 1.03 bits per heavy atom. The molecular formula is C33H50O4. The Kier molecular flexibility index (Phi) is 7.57. The summed E-state index contributed by atoms with van der Waals surface area (Å²) in [4.78, 5) is 11.3. The number of fused-ring (bicyclic) bond motifs is 5. The van der Waals surface area contributed by atoms with Crippen LogP contribution in [-0.4, -0.2) is 33.5 Å². The molecule has 0 aliphatic heterocycles. The van der Waals surface area contributed by atoms with Gasteiger partial charge in [-0.25, -0.2) is 4.79 Å². The van der Waals surface area contributed by atoms with Crippen molar-refractivity contribution in [3.8, 4) is 0 Å². The van der Waals surface area contributed by atoms with E-state index in [2.05, 4.69) is 33.8 Å². The molecule has 0 heterocycles. The van der Waals surface area contributed by atoms with Gasteiger partial charge in [-0.2, -0.15) is 0 Å². The summed E-state index contributed by atoms with van der Waals surface area (Å²) in [7, 11) is 0. The van der Waals surface area contributed by atoms with Gasteiger partial charge in [0.25, 0.3) is 0 Å². The van der Waals surface area contributed by atoms with Crippen molar-refractivity contribution in [1.82, 2.24) is 0 Å². The molecule has 3 N–H and O–H groups in total. The maximum atomic E-state index is 11.9. The lowest BCUT2D eigenvalue weighted by molar-refractivity contribution is -0.203. The zero-order valence-corrected chi connectivity index (χ0v) is 23.5. The molecule has 4 fully saturated rings. The monoisotopic (exact) mass is 510 g/mol. The molecule has 0 spiro atoms. The maximum Gasteiger partial charge on any atom is 0.335 e. The maximum absolute atomic E-state index is 11.9. The van der Waals surface area contributed by atoms with E-state index in [1.165, 1.54) is 32.1 Å². The average molecular weight is 511 g/mol. The van der Waals surface area contributed by atoms with E-state index in [1.807, 2.05) is 12.1 Å². The molecule has 5 rings (SSSR count). The summed E-state index contributed by atoms with van der Waals surface area (Å²) in [5.41, 5.74) is 2.08. The van der Waals surface area contributed by atoms with Crippen LogP contribution >= 0.6 is 0 Å². The van der Waals surface area contributed by atoms with Crippen LogP contribution in [0.2, 0.25) is 0 Å². The molecular weight excluding hydrogens is 460 g/mol. The molecule has 1 aromatic carbocycles. The second kappa shape index (κ2) is 10.3. The summed E-state index contributed by atoms with van der Waals surface area (Å²) >= 11 is 0. The minimum absolute atomic E-state index is 0.187. The average Bonchev–Trinajstić information content (AvgIpc) is 3.22. The number of rotatable bonds is 7. The van der Waals surface area contributed by atoms with Crippen LogP contribution in [0.25, 0.3) is 0 Å². The fourth-order valence-corrected chi connectivity index (χ4v) is 10.6. The number of carboxylic acid groups (broad SMARTS) is 1. The van der Waals surface area contributed by atoms with Gasteiger partial charge >= 0.3 is 5.97 Å². The highest BCUT2D eigenvalue weighted by Gasteiger charge is 2.64. The molecule has 4 aliphatic rings. The fourth-order valence-electron chi connectivity index (χ4n) is 10.6. The summed E-state index contributed by atoms with van der Waals surface area (Å²) in [6, 6.07) is 7.41. The van der Waals surface area contributed by atoms with Crippen LogP contribution in [0.15, 0.2) is 24.3 Å².